The van der Waals surface area contributed by atoms with Gasteiger partial charge in [-0.3, -0.25) is 9.59 Å². The van der Waals surface area contributed by atoms with Crippen LogP contribution in [-0.4, -0.2) is 39.3 Å². The van der Waals surface area contributed by atoms with E-state index in [2.05, 4.69) is 6.92 Å². The maximum Gasteiger partial charge on any atom is 0.303 e. The maximum atomic E-state index is 12.1. The second kappa shape index (κ2) is 12.0. The van der Waals surface area contributed by atoms with E-state index < -0.39 is 18.2 Å². The van der Waals surface area contributed by atoms with Crippen LogP contribution in [0.3, 0.4) is 0 Å². The molecule has 5 nitrogen and oxygen atoms in total. The number of hydrogen-bond donors (Lipinski definition) is 3. The third-order valence-electron chi connectivity index (χ3n) is 4.71. The molecule has 0 saturated heterocycles. The van der Waals surface area contributed by atoms with Crippen LogP contribution in [0.25, 0.3) is 0 Å². The molecule has 5 heteroatoms. The van der Waals surface area contributed by atoms with Crippen LogP contribution in [-0.2, 0) is 9.59 Å². The lowest BCUT2D eigenvalue weighted by molar-refractivity contribution is -0.137. The predicted octanol–water partition coefficient (Wildman–Crippen LogP) is 3.25. The molecule has 1 aliphatic carbocycles. The molecule has 4 atom stereocenters. The van der Waals surface area contributed by atoms with E-state index in [9.17, 15) is 19.8 Å². The number of carboxylic acid groups (broad SMARTS) is 1. The Hall–Kier alpha value is -1.46. The van der Waals surface area contributed by atoms with E-state index in [1.165, 1.54) is 0 Å². The first-order valence-electron chi connectivity index (χ1n) is 9.39. The number of rotatable bonds is 12. The highest BCUT2D eigenvalue weighted by atomic mass is 16.4. The predicted molar refractivity (Wildman–Crippen MR) is 97.1 cm³/mol. The van der Waals surface area contributed by atoms with Crippen molar-refractivity contribution in [3.8, 4) is 0 Å². The van der Waals surface area contributed by atoms with Crippen LogP contribution in [0.5, 0.6) is 0 Å². The van der Waals surface area contributed by atoms with Crippen molar-refractivity contribution in [2.75, 3.05) is 0 Å². The molecule has 0 amide bonds. The monoisotopic (exact) mass is 352 g/mol. The molecule has 3 N–H and O–H groups in total. The molecule has 25 heavy (non-hydrogen) atoms. The van der Waals surface area contributed by atoms with E-state index in [1.807, 2.05) is 12.2 Å². The first-order valence-corrected chi connectivity index (χ1v) is 9.39. The number of carbonyl (C=O) groups is 2. The van der Waals surface area contributed by atoms with Crippen molar-refractivity contribution in [3.05, 3.63) is 24.3 Å². The summed E-state index contributed by atoms with van der Waals surface area (Å²) in [5.74, 6) is -1.26. The third-order valence-corrected chi connectivity index (χ3v) is 4.71. The normalized spacial score (nSPS) is 25.2. The van der Waals surface area contributed by atoms with Crippen LogP contribution in [0, 0.1) is 11.8 Å². The molecule has 1 rings (SSSR count). The average Bonchev–Trinajstić information content (AvgIpc) is 2.82. The summed E-state index contributed by atoms with van der Waals surface area (Å²) in [7, 11) is 0. The molecule has 1 aliphatic rings. The van der Waals surface area contributed by atoms with E-state index in [1.54, 1.807) is 12.2 Å². The summed E-state index contributed by atoms with van der Waals surface area (Å²) < 4.78 is 0. The van der Waals surface area contributed by atoms with Gasteiger partial charge in [-0.05, 0) is 25.7 Å². The Morgan fingerprint density at radius 2 is 2.04 bits per heavy atom. The molecular weight excluding hydrogens is 320 g/mol. The zero-order valence-electron chi connectivity index (χ0n) is 15.1. The van der Waals surface area contributed by atoms with Crippen molar-refractivity contribution in [1.29, 1.82) is 0 Å². The summed E-state index contributed by atoms with van der Waals surface area (Å²) in [5.41, 5.74) is 0. The number of hydrogen-bond acceptors (Lipinski definition) is 4. The number of Topliss-reactive ketones (excluding diaryl/α,β-unsaturated/α-hetero) is 1. The van der Waals surface area contributed by atoms with Gasteiger partial charge in [-0.25, -0.2) is 0 Å². The van der Waals surface area contributed by atoms with Crippen LogP contribution in [0.2, 0.25) is 0 Å². The van der Waals surface area contributed by atoms with Gasteiger partial charge >= 0.3 is 5.97 Å². The minimum absolute atomic E-state index is 0.0535. The zero-order chi connectivity index (χ0) is 18.7. The quantitative estimate of drug-likeness (QED) is 0.370. The number of aliphatic hydroxyl groups excluding tert-OH is 2. The number of unbranched alkanes of at least 4 members (excludes halogenated alkanes) is 3. The van der Waals surface area contributed by atoms with Crippen LogP contribution in [0.4, 0.5) is 0 Å². The Kier molecular flexibility index (Phi) is 10.3. The van der Waals surface area contributed by atoms with Crippen molar-refractivity contribution < 1.29 is 24.9 Å². The van der Waals surface area contributed by atoms with Crippen LogP contribution in [0.15, 0.2) is 24.3 Å². The number of allylic oxidation sites excluding steroid dienone is 2. The molecule has 142 valence electrons. The maximum absolute atomic E-state index is 12.1. The minimum atomic E-state index is -0.801. The number of aliphatic carboxylic acids is 1. The highest BCUT2D eigenvalue weighted by Gasteiger charge is 2.39. The first kappa shape index (κ1) is 21.6. The average molecular weight is 352 g/mol. The number of carbonyl (C=O) groups excluding carboxylic acids is 1. The summed E-state index contributed by atoms with van der Waals surface area (Å²) >= 11 is 0. The zero-order valence-corrected chi connectivity index (χ0v) is 15.1. The molecule has 1 fully saturated rings. The van der Waals surface area contributed by atoms with Gasteiger partial charge in [0.1, 0.15) is 5.78 Å². The largest absolute Gasteiger partial charge is 0.481 e. The highest BCUT2D eigenvalue weighted by Crippen LogP contribution is 2.33. The van der Waals surface area contributed by atoms with Crippen molar-refractivity contribution in [3.63, 3.8) is 0 Å². The molecule has 0 aromatic carbocycles. The van der Waals surface area contributed by atoms with Gasteiger partial charge in [-0.15, -0.1) is 0 Å². The number of carboxylic acids is 1. The van der Waals surface area contributed by atoms with E-state index in [0.29, 0.717) is 25.7 Å². The summed E-state index contributed by atoms with van der Waals surface area (Å²) in [4.78, 5) is 22.5. The molecule has 0 aromatic rings. The summed E-state index contributed by atoms with van der Waals surface area (Å²) in [6.07, 6.45) is 12.1. The van der Waals surface area contributed by atoms with Gasteiger partial charge in [0, 0.05) is 24.7 Å². The Bertz CT molecular complexity index is 469. The second-order valence-corrected chi connectivity index (χ2v) is 6.86. The summed E-state index contributed by atoms with van der Waals surface area (Å²) in [6, 6.07) is 0. The summed E-state index contributed by atoms with van der Waals surface area (Å²) in [5, 5.41) is 28.7. The van der Waals surface area contributed by atoms with Crippen LogP contribution in [0.1, 0.15) is 64.7 Å². The van der Waals surface area contributed by atoms with E-state index in [-0.39, 0.29) is 30.5 Å². The van der Waals surface area contributed by atoms with Gasteiger partial charge in [0.05, 0.1) is 12.2 Å². The lowest BCUT2D eigenvalue weighted by Crippen LogP contribution is -2.18. The fourth-order valence-electron chi connectivity index (χ4n) is 3.22. The summed E-state index contributed by atoms with van der Waals surface area (Å²) in [6.45, 7) is 2.11. The Labute approximate surface area is 150 Å². The molecule has 0 spiro atoms. The molecular formula is C20H32O5. The fourth-order valence-corrected chi connectivity index (χ4v) is 3.22. The van der Waals surface area contributed by atoms with Crippen molar-refractivity contribution in [2.45, 2.75) is 76.9 Å². The molecule has 0 bridgehead atoms. The van der Waals surface area contributed by atoms with E-state index in [4.69, 9.17) is 5.11 Å². The molecule has 0 aromatic heterocycles. The van der Waals surface area contributed by atoms with Gasteiger partial charge in [0.25, 0.3) is 0 Å². The lowest BCUT2D eigenvalue weighted by Gasteiger charge is -2.16. The second-order valence-electron chi connectivity index (χ2n) is 6.86. The van der Waals surface area contributed by atoms with Crippen molar-refractivity contribution >= 4 is 11.8 Å². The van der Waals surface area contributed by atoms with E-state index >= 15 is 0 Å². The first-order chi connectivity index (χ1) is 12.0. The van der Waals surface area contributed by atoms with Crippen molar-refractivity contribution in [1.82, 2.24) is 0 Å². The molecule has 0 radical (unpaired) electrons. The van der Waals surface area contributed by atoms with Gasteiger partial charge in [-0.1, -0.05) is 50.5 Å². The van der Waals surface area contributed by atoms with Crippen molar-refractivity contribution in [2.24, 2.45) is 11.8 Å². The number of ketones is 1. The smallest absolute Gasteiger partial charge is 0.303 e. The standard InChI is InChI=1S/C20H32O5/c1-2-3-6-9-15(21)12-13-17-16(18(22)14-19(17)23)10-7-4-5-8-11-20(24)25/h4,7,12-13,15-17,19,21,23H,2-3,5-6,8-11,14H2,1H3,(H,24,25)/b7-4+,13-12+/t15-,16-,17-,19-/m1/s1. The minimum Gasteiger partial charge on any atom is -0.481 e. The van der Waals surface area contributed by atoms with Gasteiger partial charge in [0.15, 0.2) is 0 Å². The Balaban J connectivity index is 2.48. The third kappa shape index (κ3) is 8.45. The van der Waals surface area contributed by atoms with Crippen LogP contribution < -0.4 is 0 Å². The molecule has 0 heterocycles. The van der Waals surface area contributed by atoms with Crippen LogP contribution >= 0.6 is 0 Å². The van der Waals surface area contributed by atoms with Gasteiger partial charge in [-0.2, -0.15) is 0 Å². The molecule has 1 saturated carbocycles. The Morgan fingerprint density at radius 3 is 2.72 bits per heavy atom. The highest BCUT2D eigenvalue weighted by molar-refractivity contribution is 5.84. The van der Waals surface area contributed by atoms with E-state index in [0.717, 1.165) is 19.3 Å². The number of aliphatic hydroxyl groups is 2. The molecule has 0 unspecified atom stereocenters. The van der Waals surface area contributed by atoms with Gasteiger partial charge in [0.2, 0.25) is 0 Å². The molecule has 0 aliphatic heterocycles. The topological polar surface area (TPSA) is 94.8 Å². The van der Waals surface area contributed by atoms with Gasteiger partial charge < -0.3 is 15.3 Å². The Morgan fingerprint density at radius 1 is 1.28 bits per heavy atom. The SMILES string of the molecule is CCCCC[C@@H](O)/C=C/[C@H]1[C@H](O)CC(=O)[C@@H]1C/C=C/CCCC(=O)O. The lowest BCUT2D eigenvalue weighted by atomic mass is 9.90. The fraction of sp³-hybridized carbons (Fsp3) is 0.700.